The summed E-state index contributed by atoms with van der Waals surface area (Å²) in [6.45, 7) is 7.80. The number of hydrogen-bond acceptors (Lipinski definition) is 5. The van der Waals surface area contributed by atoms with Crippen molar-refractivity contribution in [2.45, 2.75) is 271 Å². The Kier molecular flexibility index (Phi) is 44.9. The van der Waals surface area contributed by atoms with E-state index in [1.807, 2.05) is 0 Å². The zero-order chi connectivity index (χ0) is 39.3. The predicted molar refractivity (Wildman–Crippen MR) is 233 cm³/mol. The monoisotopic (exact) mass is 763 g/mol. The average molecular weight is 763 g/mol. The van der Waals surface area contributed by atoms with Crippen LogP contribution in [0.15, 0.2) is 12.2 Å². The smallest absolute Gasteiger partial charge is 0.306 e. The Balaban J connectivity index is 3.99. The first kappa shape index (κ1) is 52.6. The van der Waals surface area contributed by atoms with Crippen molar-refractivity contribution in [2.24, 2.45) is 0 Å². The molecule has 0 bridgehead atoms. The maximum atomic E-state index is 12.5. The van der Waals surface area contributed by atoms with Crippen molar-refractivity contribution < 1.29 is 23.8 Å². The highest BCUT2D eigenvalue weighted by molar-refractivity contribution is 5.70. The van der Waals surface area contributed by atoms with Crippen LogP contribution in [0.25, 0.3) is 0 Å². The molecule has 0 aromatic heterocycles. The third-order valence-electron chi connectivity index (χ3n) is 10.8. The minimum atomic E-state index is -0.524. The fourth-order valence-electron chi connectivity index (χ4n) is 7.15. The van der Waals surface area contributed by atoms with Crippen molar-refractivity contribution in [2.75, 3.05) is 19.8 Å². The lowest BCUT2D eigenvalue weighted by Crippen LogP contribution is -2.30. The number of esters is 2. The van der Waals surface area contributed by atoms with Gasteiger partial charge in [0.2, 0.25) is 0 Å². The van der Waals surface area contributed by atoms with Crippen molar-refractivity contribution in [3.63, 3.8) is 0 Å². The van der Waals surface area contributed by atoms with Gasteiger partial charge in [0.15, 0.2) is 6.10 Å². The van der Waals surface area contributed by atoms with E-state index in [9.17, 15) is 9.59 Å². The van der Waals surface area contributed by atoms with E-state index in [4.69, 9.17) is 14.2 Å². The number of ether oxygens (including phenoxy) is 3. The molecular formula is C49H94O5. The van der Waals surface area contributed by atoms with Crippen LogP contribution in [0.4, 0.5) is 0 Å². The van der Waals surface area contributed by atoms with Crippen molar-refractivity contribution in [1.82, 2.24) is 0 Å². The molecule has 0 fully saturated rings. The fraction of sp³-hybridized carbons (Fsp3) is 0.918. The second kappa shape index (κ2) is 46.0. The van der Waals surface area contributed by atoms with Crippen molar-refractivity contribution in [3.05, 3.63) is 12.2 Å². The first-order chi connectivity index (χ1) is 26.6. The first-order valence-electron chi connectivity index (χ1n) is 24.2. The van der Waals surface area contributed by atoms with E-state index in [-0.39, 0.29) is 18.5 Å². The summed E-state index contributed by atoms with van der Waals surface area (Å²) >= 11 is 0. The van der Waals surface area contributed by atoms with Crippen molar-refractivity contribution in [1.29, 1.82) is 0 Å². The molecule has 54 heavy (non-hydrogen) atoms. The average Bonchev–Trinajstić information content (AvgIpc) is 3.17. The second-order valence-corrected chi connectivity index (χ2v) is 16.4. The zero-order valence-corrected chi connectivity index (χ0v) is 36.8. The number of carbonyl (C=O) groups excluding carboxylic acids is 2. The quantitative estimate of drug-likeness (QED) is 0.0351. The maximum Gasteiger partial charge on any atom is 0.306 e. The highest BCUT2D eigenvalue weighted by Crippen LogP contribution is 2.15. The van der Waals surface area contributed by atoms with E-state index >= 15 is 0 Å². The lowest BCUT2D eigenvalue weighted by molar-refractivity contribution is -0.163. The van der Waals surface area contributed by atoms with Gasteiger partial charge in [0, 0.05) is 19.4 Å². The number of allylic oxidation sites excluding steroid dienone is 2. The number of carbonyl (C=O) groups is 2. The first-order valence-corrected chi connectivity index (χ1v) is 24.2. The van der Waals surface area contributed by atoms with Crippen molar-refractivity contribution in [3.8, 4) is 0 Å². The van der Waals surface area contributed by atoms with Crippen LogP contribution in [0.5, 0.6) is 0 Å². The number of hydrogen-bond donors (Lipinski definition) is 0. The van der Waals surface area contributed by atoms with E-state index in [0.717, 1.165) is 38.5 Å². The second-order valence-electron chi connectivity index (χ2n) is 16.4. The molecule has 0 aliphatic heterocycles. The summed E-state index contributed by atoms with van der Waals surface area (Å²) in [5, 5.41) is 0. The lowest BCUT2D eigenvalue weighted by atomic mass is 10.0. The SMILES string of the molecule is CCCCCCCC/C=C\CCCCCCCCCC(=O)OCC(COCCCCCCCCCCCCCCCCCC)OC(=O)CCCCCCC. The standard InChI is InChI=1S/C49H94O5/c1-4-7-10-13-15-17-19-21-23-25-26-28-30-32-34-37-39-42-48(50)53-46-47(54-49(51)43-40-36-12-9-6-3)45-52-44-41-38-35-33-31-29-27-24-22-20-18-16-14-11-8-5-2/h21,23,47H,4-20,22,24-46H2,1-3H3/b23-21-. The summed E-state index contributed by atoms with van der Waals surface area (Å²) in [5.74, 6) is -0.399. The molecule has 0 amide bonds. The van der Waals surface area contributed by atoms with Gasteiger partial charge in [-0.25, -0.2) is 0 Å². The topological polar surface area (TPSA) is 61.8 Å². The zero-order valence-electron chi connectivity index (χ0n) is 36.8. The Morgan fingerprint density at radius 1 is 0.389 bits per heavy atom. The van der Waals surface area contributed by atoms with Crippen LogP contribution >= 0.6 is 0 Å². The Morgan fingerprint density at radius 2 is 0.722 bits per heavy atom. The van der Waals surface area contributed by atoms with Crippen LogP contribution < -0.4 is 0 Å². The molecule has 0 rings (SSSR count). The highest BCUT2D eigenvalue weighted by Gasteiger charge is 2.17. The molecule has 0 aromatic rings. The molecule has 5 heteroatoms. The Hall–Kier alpha value is -1.36. The molecule has 0 aliphatic rings. The highest BCUT2D eigenvalue weighted by atomic mass is 16.6. The summed E-state index contributed by atoms with van der Waals surface area (Å²) < 4.78 is 17.2. The molecule has 0 N–H and O–H groups in total. The molecular weight excluding hydrogens is 669 g/mol. The Bertz CT molecular complexity index is 780. The lowest BCUT2D eigenvalue weighted by Gasteiger charge is -2.18. The van der Waals surface area contributed by atoms with Gasteiger partial charge in [0.05, 0.1) is 6.61 Å². The van der Waals surface area contributed by atoms with Gasteiger partial charge >= 0.3 is 11.9 Å². The molecule has 1 atom stereocenters. The maximum absolute atomic E-state index is 12.5. The van der Waals surface area contributed by atoms with E-state index in [1.54, 1.807) is 0 Å². The fourth-order valence-corrected chi connectivity index (χ4v) is 7.15. The van der Waals surface area contributed by atoms with Crippen molar-refractivity contribution >= 4 is 11.9 Å². The summed E-state index contributed by atoms with van der Waals surface area (Å²) in [5.41, 5.74) is 0. The van der Waals surface area contributed by atoms with Gasteiger partial charge in [-0.3, -0.25) is 9.59 Å². The molecule has 320 valence electrons. The molecule has 0 aliphatic carbocycles. The number of rotatable bonds is 45. The van der Waals surface area contributed by atoms with E-state index in [0.29, 0.717) is 26.1 Å². The van der Waals surface area contributed by atoms with Gasteiger partial charge in [-0.05, 0) is 44.9 Å². The Labute approximate surface area is 337 Å². The number of unbranched alkanes of at least 4 members (excludes halogenated alkanes) is 32. The van der Waals surface area contributed by atoms with Crippen LogP contribution in [0.3, 0.4) is 0 Å². The van der Waals surface area contributed by atoms with E-state index < -0.39 is 6.10 Å². The van der Waals surface area contributed by atoms with Gasteiger partial charge < -0.3 is 14.2 Å². The van der Waals surface area contributed by atoms with E-state index in [2.05, 4.69) is 32.9 Å². The summed E-state index contributed by atoms with van der Waals surface area (Å²) in [6, 6.07) is 0. The van der Waals surface area contributed by atoms with Gasteiger partial charge in [0.25, 0.3) is 0 Å². The molecule has 0 saturated carbocycles. The molecule has 5 nitrogen and oxygen atoms in total. The predicted octanol–water partition coefficient (Wildman–Crippen LogP) is 15.9. The molecule has 1 unspecified atom stereocenters. The summed E-state index contributed by atoms with van der Waals surface area (Å²) in [4.78, 5) is 25.0. The van der Waals surface area contributed by atoms with E-state index in [1.165, 1.54) is 193 Å². The molecule has 0 heterocycles. The van der Waals surface area contributed by atoms with Crippen LogP contribution in [-0.4, -0.2) is 37.9 Å². The Morgan fingerprint density at radius 3 is 1.13 bits per heavy atom. The van der Waals surface area contributed by atoms with Gasteiger partial charge in [0.1, 0.15) is 6.61 Å². The van der Waals surface area contributed by atoms with Gasteiger partial charge in [-0.1, -0.05) is 219 Å². The van der Waals surface area contributed by atoms with Gasteiger partial charge in [-0.15, -0.1) is 0 Å². The van der Waals surface area contributed by atoms with Crippen LogP contribution in [0, 0.1) is 0 Å². The van der Waals surface area contributed by atoms with Crippen LogP contribution in [-0.2, 0) is 23.8 Å². The minimum absolute atomic E-state index is 0.0901. The molecule has 0 spiro atoms. The molecule has 0 saturated heterocycles. The minimum Gasteiger partial charge on any atom is -0.462 e. The summed E-state index contributed by atoms with van der Waals surface area (Å²) in [7, 11) is 0. The summed E-state index contributed by atoms with van der Waals surface area (Å²) in [6.07, 6.45) is 51.0. The molecule has 0 radical (unpaired) electrons. The third-order valence-corrected chi connectivity index (χ3v) is 10.8. The largest absolute Gasteiger partial charge is 0.462 e. The normalized spacial score (nSPS) is 12.1. The van der Waals surface area contributed by atoms with Crippen LogP contribution in [0.2, 0.25) is 0 Å². The molecule has 0 aromatic carbocycles. The third kappa shape index (κ3) is 43.4. The van der Waals surface area contributed by atoms with Gasteiger partial charge in [-0.2, -0.15) is 0 Å². The van der Waals surface area contributed by atoms with Crippen LogP contribution in [0.1, 0.15) is 265 Å².